The van der Waals surface area contributed by atoms with Gasteiger partial charge in [0, 0.05) is 17.5 Å². The third kappa shape index (κ3) is 2.54. The molecule has 3 atom stereocenters. The fraction of sp³-hybridized carbons (Fsp3) is 0.261. The van der Waals surface area contributed by atoms with Gasteiger partial charge in [0.2, 0.25) is 0 Å². The summed E-state index contributed by atoms with van der Waals surface area (Å²) in [4.78, 5) is 29.8. The van der Waals surface area contributed by atoms with Crippen LogP contribution in [0.5, 0.6) is 0 Å². The summed E-state index contributed by atoms with van der Waals surface area (Å²) in [5.74, 6) is -0.738. The molecule has 2 aliphatic rings. The lowest BCUT2D eigenvalue weighted by molar-refractivity contribution is -0.121. The smallest absolute Gasteiger partial charge is 0.293 e. The molecule has 3 aromatic rings. The largest absolute Gasteiger partial charge is 0.297 e. The molecule has 0 N–H and O–H groups in total. The van der Waals surface area contributed by atoms with Gasteiger partial charge in [0.05, 0.1) is 22.2 Å². The molecular formula is C23H18N4O2S. The normalized spacial score (nSPS) is 25.1. The number of carbonyl (C=O) groups excluding carboxylic acids is 2. The number of Topliss-reactive ketones (excluding diaryl/α,β-unsaturated/α-hetero) is 1. The van der Waals surface area contributed by atoms with Crippen LogP contribution in [0.4, 0.5) is 0 Å². The first-order valence-electron chi connectivity index (χ1n) is 9.81. The number of fused-ring (bicyclic) bond motifs is 3. The molecule has 0 bridgehead atoms. The van der Waals surface area contributed by atoms with E-state index in [2.05, 4.69) is 11.1 Å². The predicted octanol–water partition coefficient (Wildman–Crippen LogP) is 3.55. The summed E-state index contributed by atoms with van der Waals surface area (Å²) >= 11 is 1.36. The number of ketones is 1. The van der Waals surface area contributed by atoms with Crippen LogP contribution in [0.15, 0.2) is 59.1 Å². The molecule has 148 valence electrons. The molecule has 0 saturated carbocycles. The maximum atomic E-state index is 12.9. The van der Waals surface area contributed by atoms with Crippen molar-refractivity contribution < 1.29 is 9.59 Å². The summed E-state index contributed by atoms with van der Waals surface area (Å²) in [6, 6.07) is 12.0. The van der Waals surface area contributed by atoms with E-state index in [9.17, 15) is 14.9 Å². The van der Waals surface area contributed by atoms with Gasteiger partial charge < -0.3 is 0 Å². The van der Waals surface area contributed by atoms with Crippen LogP contribution in [0.2, 0.25) is 0 Å². The Hall–Kier alpha value is -3.37. The molecule has 0 spiro atoms. The number of nitriles is 1. The molecular weight excluding hydrogens is 396 g/mol. The molecule has 0 radical (unpaired) electrons. The number of hydrogen-bond acceptors (Lipinski definition) is 6. The SMILES string of the molecule is CC1C(=O)C(C#N)=C[C@]2(c3ccccc3)c3nn(C(=O)c4cscn4)cc3CCC12. The summed E-state index contributed by atoms with van der Waals surface area (Å²) < 4.78 is 1.35. The van der Waals surface area contributed by atoms with Crippen molar-refractivity contribution in [3.63, 3.8) is 0 Å². The second-order valence-electron chi connectivity index (χ2n) is 7.83. The summed E-state index contributed by atoms with van der Waals surface area (Å²) in [5, 5.41) is 16.1. The van der Waals surface area contributed by atoms with Gasteiger partial charge in [-0.05, 0) is 36.0 Å². The fourth-order valence-electron chi connectivity index (χ4n) is 4.98. The van der Waals surface area contributed by atoms with Gasteiger partial charge in [0.15, 0.2) is 5.78 Å². The number of nitrogens with zero attached hydrogens (tertiary/aromatic N) is 4. The van der Waals surface area contributed by atoms with E-state index in [1.165, 1.54) is 16.0 Å². The number of allylic oxidation sites excluding steroid dienone is 2. The molecule has 6 nitrogen and oxygen atoms in total. The van der Waals surface area contributed by atoms with Crippen LogP contribution in [0.25, 0.3) is 0 Å². The Balaban J connectivity index is 1.77. The van der Waals surface area contributed by atoms with Gasteiger partial charge in [0.25, 0.3) is 5.91 Å². The highest BCUT2D eigenvalue weighted by molar-refractivity contribution is 7.07. The van der Waals surface area contributed by atoms with Crippen molar-refractivity contribution in [3.05, 3.63) is 81.6 Å². The average molecular weight is 414 g/mol. The minimum Gasteiger partial charge on any atom is -0.293 e. The maximum absolute atomic E-state index is 12.9. The lowest BCUT2D eigenvalue weighted by Gasteiger charge is -2.46. The van der Waals surface area contributed by atoms with Crippen molar-refractivity contribution in [2.24, 2.45) is 11.8 Å². The molecule has 2 unspecified atom stereocenters. The Bertz CT molecular complexity index is 1220. The number of aromatic nitrogens is 3. The van der Waals surface area contributed by atoms with E-state index in [0.717, 1.165) is 29.7 Å². The van der Waals surface area contributed by atoms with Gasteiger partial charge >= 0.3 is 0 Å². The molecule has 0 fully saturated rings. The van der Waals surface area contributed by atoms with E-state index in [-0.39, 0.29) is 29.1 Å². The topological polar surface area (TPSA) is 88.6 Å². The van der Waals surface area contributed by atoms with Gasteiger partial charge in [-0.1, -0.05) is 37.3 Å². The lowest BCUT2D eigenvalue weighted by Crippen LogP contribution is -2.48. The number of carbonyl (C=O) groups is 2. The zero-order valence-electron chi connectivity index (χ0n) is 16.3. The molecule has 2 aliphatic carbocycles. The number of thiazole rings is 1. The number of benzene rings is 1. The van der Waals surface area contributed by atoms with Crippen LogP contribution >= 0.6 is 11.3 Å². The van der Waals surface area contributed by atoms with E-state index in [1.807, 2.05) is 37.3 Å². The quantitative estimate of drug-likeness (QED) is 0.640. The van der Waals surface area contributed by atoms with E-state index in [4.69, 9.17) is 5.10 Å². The van der Waals surface area contributed by atoms with E-state index < -0.39 is 5.41 Å². The molecule has 5 rings (SSSR count). The number of hydrogen-bond donors (Lipinski definition) is 0. The average Bonchev–Trinajstić information content (AvgIpc) is 3.46. The number of aryl methyl sites for hydroxylation is 1. The molecule has 0 aliphatic heterocycles. The van der Waals surface area contributed by atoms with Gasteiger partial charge in [-0.2, -0.15) is 10.4 Å². The highest BCUT2D eigenvalue weighted by Gasteiger charge is 2.53. The number of rotatable bonds is 2. The Morgan fingerprint density at radius 3 is 2.83 bits per heavy atom. The van der Waals surface area contributed by atoms with E-state index in [0.29, 0.717) is 5.69 Å². The summed E-state index contributed by atoms with van der Waals surface area (Å²) in [5.41, 5.74) is 4.11. The lowest BCUT2D eigenvalue weighted by atomic mass is 9.54. The minimum absolute atomic E-state index is 0.0327. The monoisotopic (exact) mass is 414 g/mol. The van der Waals surface area contributed by atoms with Gasteiger partial charge in [-0.25, -0.2) is 9.67 Å². The fourth-order valence-corrected chi connectivity index (χ4v) is 5.50. The standard InChI is InChI=1S/C23H18N4O2S/c1-14-18-8-7-15-11-27(22(29)19-12-30-13-25-19)26-21(15)23(18,9-16(10-24)20(14)28)17-5-3-2-4-6-17/h2-6,9,11-14,18H,7-8H2,1H3/t14?,18?,23-/m1/s1. The first-order valence-corrected chi connectivity index (χ1v) is 10.7. The van der Waals surface area contributed by atoms with Crippen LogP contribution in [0.3, 0.4) is 0 Å². The second-order valence-corrected chi connectivity index (χ2v) is 8.55. The van der Waals surface area contributed by atoms with Crippen molar-refractivity contribution >= 4 is 23.0 Å². The van der Waals surface area contributed by atoms with Crippen molar-refractivity contribution in [1.82, 2.24) is 14.8 Å². The molecule has 30 heavy (non-hydrogen) atoms. The predicted molar refractivity (Wildman–Crippen MR) is 111 cm³/mol. The molecule has 0 saturated heterocycles. The molecule has 2 aromatic heterocycles. The van der Waals surface area contributed by atoms with Crippen LogP contribution in [0, 0.1) is 23.2 Å². The van der Waals surface area contributed by atoms with Crippen LogP contribution < -0.4 is 0 Å². The summed E-state index contributed by atoms with van der Waals surface area (Å²) in [6.07, 6.45) is 5.07. The summed E-state index contributed by atoms with van der Waals surface area (Å²) in [7, 11) is 0. The summed E-state index contributed by atoms with van der Waals surface area (Å²) in [6.45, 7) is 1.90. The molecule has 7 heteroatoms. The third-order valence-corrected chi connectivity index (χ3v) is 6.96. The van der Waals surface area contributed by atoms with Crippen LogP contribution in [-0.2, 0) is 16.6 Å². The van der Waals surface area contributed by atoms with Gasteiger partial charge in [-0.3, -0.25) is 9.59 Å². The zero-order chi connectivity index (χ0) is 20.9. The first-order chi connectivity index (χ1) is 14.6. The molecule has 0 amide bonds. The van der Waals surface area contributed by atoms with E-state index in [1.54, 1.807) is 23.2 Å². The Morgan fingerprint density at radius 1 is 1.33 bits per heavy atom. The van der Waals surface area contributed by atoms with Gasteiger partial charge in [-0.15, -0.1) is 11.3 Å². The zero-order valence-corrected chi connectivity index (χ0v) is 17.1. The Kier molecular flexibility index (Phi) is 4.26. The van der Waals surface area contributed by atoms with Crippen molar-refractivity contribution in [2.45, 2.75) is 25.2 Å². The Labute approximate surface area is 177 Å². The van der Waals surface area contributed by atoms with Crippen LogP contribution in [0.1, 0.15) is 40.7 Å². The molecule has 2 heterocycles. The molecule has 1 aromatic carbocycles. The highest BCUT2D eigenvalue weighted by Crippen LogP contribution is 2.53. The van der Waals surface area contributed by atoms with Crippen molar-refractivity contribution in [3.8, 4) is 6.07 Å². The highest BCUT2D eigenvalue weighted by atomic mass is 32.1. The minimum atomic E-state index is -0.721. The van der Waals surface area contributed by atoms with E-state index >= 15 is 0 Å². The maximum Gasteiger partial charge on any atom is 0.297 e. The second kappa shape index (κ2) is 6.85. The first kappa shape index (κ1) is 18.6. The third-order valence-electron chi connectivity index (χ3n) is 6.38. The Morgan fingerprint density at radius 2 is 2.13 bits per heavy atom. The van der Waals surface area contributed by atoms with Crippen LogP contribution in [-0.4, -0.2) is 26.5 Å². The van der Waals surface area contributed by atoms with Gasteiger partial charge in [0.1, 0.15) is 11.8 Å². The van der Waals surface area contributed by atoms with Crippen molar-refractivity contribution in [1.29, 1.82) is 5.26 Å². The van der Waals surface area contributed by atoms with Crippen molar-refractivity contribution in [2.75, 3.05) is 0 Å².